The van der Waals surface area contributed by atoms with Crippen LogP contribution in [0.25, 0.3) is 0 Å². The highest BCUT2D eigenvalue weighted by atomic mass is 32.1. The molecule has 1 aliphatic carbocycles. The molecule has 2 aromatic rings. The lowest BCUT2D eigenvalue weighted by Crippen LogP contribution is -2.36. The number of nitrogens with one attached hydrogen (secondary N) is 2. The van der Waals surface area contributed by atoms with Gasteiger partial charge in [0.15, 0.2) is 5.96 Å². The number of nitrogens with zero attached hydrogens (tertiary/aromatic N) is 2. The SMILES string of the molecule is CN=C(NCc1ccnc(OC2CCCCC2)c1)NCc1cccs1. The molecule has 25 heavy (non-hydrogen) atoms. The molecule has 134 valence electrons. The molecule has 2 heterocycles. The van der Waals surface area contributed by atoms with Crippen LogP contribution in [0.5, 0.6) is 5.88 Å². The zero-order valence-corrected chi connectivity index (χ0v) is 15.5. The van der Waals surface area contributed by atoms with E-state index in [0.29, 0.717) is 12.6 Å². The van der Waals surface area contributed by atoms with Gasteiger partial charge in [-0.15, -0.1) is 11.3 Å². The topological polar surface area (TPSA) is 58.5 Å². The van der Waals surface area contributed by atoms with Crippen molar-refractivity contribution in [2.24, 2.45) is 4.99 Å². The van der Waals surface area contributed by atoms with Crippen LogP contribution in [0.15, 0.2) is 40.8 Å². The van der Waals surface area contributed by atoms with Gasteiger partial charge in [0.2, 0.25) is 5.88 Å². The van der Waals surface area contributed by atoms with Crippen molar-refractivity contribution >= 4 is 17.3 Å². The van der Waals surface area contributed by atoms with Crippen molar-refractivity contribution in [2.75, 3.05) is 7.05 Å². The molecule has 0 radical (unpaired) electrons. The van der Waals surface area contributed by atoms with Crippen LogP contribution < -0.4 is 15.4 Å². The second kappa shape index (κ2) is 9.42. The fraction of sp³-hybridized carbons (Fsp3) is 0.474. The van der Waals surface area contributed by atoms with Gasteiger partial charge in [0.25, 0.3) is 0 Å². The predicted octanol–water partition coefficient (Wildman–Crippen LogP) is 3.72. The fourth-order valence-corrected chi connectivity index (χ4v) is 3.61. The van der Waals surface area contributed by atoms with Crippen LogP contribution in [0.2, 0.25) is 0 Å². The molecule has 2 N–H and O–H groups in total. The average molecular weight is 359 g/mol. The summed E-state index contributed by atoms with van der Waals surface area (Å²) in [7, 11) is 1.79. The van der Waals surface area contributed by atoms with Gasteiger partial charge in [-0.05, 0) is 48.8 Å². The third-order valence-corrected chi connectivity index (χ3v) is 5.21. The average Bonchev–Trinajstić information content (AvgIpc) is 3.17. The zero-order chi connectivity index (χ0) is 17.3. The van der Waals surface area contributed by atoms with E-state index in [1.165, 1.54) is 24.1 Å². The number of aromatic nitrogens is 1. The molecular weight excluding hydrogens is 332 g/mol. The van der Waals surface area contributed by atoms with Crippen molar-refractivity contribution in [2.45, 2.75) is 51.3 Å². The highest BCUT2D eigenvalue weighted by molar-refractivity contribution is 7.09. The van der Waals surface area contributed by atoms with Crippen molar-refractivity contribution in [3.63, 3.8) is 0 Å². The van der Waals surface area contributed by atoms with Crippen LogP contribution in [-0.2, 0) is 13.1 Å². The Morgan fingerprint density at radius 3 is 2.84 bits per heavy atom. The lowest BCUT2D eigenvalue weighted by Gasteiger charge is -2.22. The molecule has 5 nitrogen and oxygen atoms in total. The van der Waals surface area contributed by atoms with Gasteiger partial charge in [0.05, 0.1) is 6.54 Å². The summed E-state index contributed by atoms with van der Waals surface area (Å²) in [4.78, 5) is 9.91. The van der Waals surface area contributed by atoms with Crippen LogP contribution in [0.4, 0.5) is 0 Å². The van der Waals surface area contributed by atoms with Gasteiger partial charge < -0.3 is 15.4 Å². The smallest absolute Gasteiger partial charge is 0.213 e. The zero-order valence-electron chi connectivity index (χ0n) is 14.7. The van der Waals surface area contributed by atoms with Crippen LogP contribution >= 0.6 is 11.3 Å². The Morgan fingerprint density at radius 2 is 2.08 bits per heavy atom. The molecule has 0 amide bonds. The van der Waals surface area contributed by atoms with Gasteiger partial charge in [0.1, 0.15) is 6.10 Å². The number of thiophene rings is 1. The van der Waals surface area contributed by atoms with Crippen molar-refractivity contribution in [1.82, 2.24) is 15.6 Å². The summed E-state index contributed by atoms with van der Waals surface area (Å²) in [6, 6.07) is 8.20. The van der Waals surface area contributed by atoms with Crippen LogP contribution in [0.1, 0.15) is 42.5 Å². The summed E-state index contributed by atoms with van der Waals surface area (Å²) in [5, 5.41) is 8.75. The molecule has 1 saturated carbocycles. The summed E-state index contributed by atoms with van der Waals surface area (Å²) >= 11 is 1.74. The summed E-state index contributed by atoms with van der Waals surface area (Å²) in [5.41, 5.74) is 1.14. The van der Waals surface area contributed by atoms with E-state index in [1.807, 2.05) is 18.3 Å². The van der Waals surface area contributed by atoms with E-state index in [1.54, 1.807) is 18.4 Å². The van der Waals surface area contributed by atoms with Crippen molar-refractivity contribution in [3.8, 4) is 5.88 Å². The van der Waals surface area contributed by atoms with Crippen molar-refractivity contribution in [3.05, 3.63) is 46.3 Å². The molecule has 0 aliphatic heterocycles. The lowest BCUT2D eigenvalue weighted by atomic mass is 9.98. The molecular formula is C19H26N4OS. The number of ether oxygens (including phenoxy) is 1. The van der Waals surface area contributed by atoms with Gasteiger partial charge in [-0.25, -0.2) is 4.98 Å². The quantitative estimate of drug-likeness (QED) is 0.610. The molecule has 1 aliphatic rings. The number of aliphatic imine (C=N–C) groups is 1. The first-order valence-corrected chi connectivity index (χ1v) is 9.80. The second-order valence-electron chi connectivity index (χ2n) is 6.24. The van der Waals surface area contributed by atoms with Gasteiger partial charge in [0, 0.05) is 30.7 Å². The van der Waals surface area contributed by atoms with Gasteiger partial charge in [-0.2, -0.15) is 0 Å². The summed E-state index contributed by atoms with van der Waals surface area (Å²) in [5.74, 6) is 1.52. The Balaban J connectivity index is 1.48. The fourth-order valence-electron chi connectivity index (χ4n) is 2.97. The largest absolute Gasteiger partial charge is 0.474 e. The summed E-state index contributed by atoms with van der Waals surface area (Å²) < 4.78 is 6.04. The van der Waals surface area contributed by atoms with E-state index in [2.05, 4.69) is 38.1 Å². The molecule has 3 rings (SSSR count). The molecule has 0 bridgehead atoms. The molecule has 0 atom stereocenters. The molecule has 0 saturated heterocycles. The Kier molecular flexibility index (Phi) is 6.68. The summed E-state index contributed by atoms with van der Waals surface area (Å²) in [6.07, 6.45) is 8.28. The molecule has 6 heteroatoms. The first-order chi connectivity index (χ1) is 12.3. The molecule has 0 unspecified atom stereocenters. The number of guanidine groups is 1. The van der Waals surface area contributed by atoms with Gasteiger partial charge in [-0.1, -0.05) is 12.5 Å². The predicted molar refractivity (Wildman–Crippen MR) is 103 cm³/mol. The second-order valence-corrected chi connectivity index (χ2v) is 7.27. The van der Waals surface area contributed by atoms with E-state index >= 15 is 0 Å². The van der Waals surface area contributed by atoms with Crippen LogP contribution in [0, 0.1) is 0 Å². The van der Waals surface area contributed by atoms with Gasteiger partial charge >= 0.3 is 0 Å². The van der Waals surface area contributed by atoms with E-state index in [4.69, 9.17) is 4.74 Å². The normalized spacial score (nSPS) is 15.8. The van der Waals surface area contributed by atoms with E-state index < -0.39 is 0 Å². The molecule has 0 spiro atoms. The Bertz CT molecular complexity index is 666. The Labute approximate surface area is 153 Å². The summed E-state index contributed by atoms with van der Waals surface area (Å²) in [6.45, 7) is 1.47. The maximum atomic E-state index is 6.04. The standard InChI is InChI=1S/C19H26N4OS/c1-20-19(23-14-17-8-5-11-25-17)22-13-15-9-10-21-18(12-15)24-16-6-3-2-4-7-16/h5,8-12,16H,2-4,6-7,13-14H2,1H3,(H2,20,22,23). The van der Waals surface area contributed by atoms with Crippen LogP contribution in [-0.4, -0.2) is 24.1 Å². The van der Waals surface area contributed by atoms with Crippen molar-refractivity contribution in [1.29, 1.82) is 0 Å². The highest BCUT2D eigenvalue weighted by Crippen LogP contribution is 2.22. The number of hydrogen-bond acceptors (Lipinski definition) is 4. The lowest BCUT2D eigenvalue weighted by molar-refractivity contribution is 0.148. The number of rotatable bonds is 6. The minimum Gasteiger partial charge on any atom is -0.474 e. The van der Waals surface area contributed by atoms with E-state index in [-0.39, 0.29) is 0 Å². The maximum absolute atomic E-state index is 6.04. The third-order valence-electron chi connectivity index (χ3n) is 4.33. The van der Waals surface area contributed by atoms with E-state index in [9.17, 15) is 0 Å². The van der Waals surface area contributed by atoms with E-state index in [0.717, 1.165) is 36.8 Å². The van der Waals surface area contributed by atoms with Crippen LogP contribution in [0.3, 0.4) is 0 Å². The third kappa shape index (κ3) is 5.74. The monoisotopic (exact) mass is 358 g/mol. The first kappa shape index (κ1) is 17.7. The minimum absolute atomic E-state index is 0.324. The Morgan fingerprint density at radius 1 is 1.24 bits per heavy atom. The maximum Gasteiger partial charge on any atom is 0.213 e. The highest BCUT2D eigenvalue weighted by Gasteiger charge is 2.15. The number of pyridine rings is 1. The molecule has 1 fully saturated rings. The van der Waals surface area contributed by atoms with Gasteiger partial charge in [-0.3, -0.25) is 4.99 Å². The molecule has 0 aromatic carbocycles. The first-order valence-electron chi connectivity index (χ1n) is 8.92. The van der Waals surface area contributed by atoms with Crippen molar-refractivity contribution < 1.29 is 4.74 Å². The Hall–Kier alpha value is -2.08. The minimum atomic E-state index is 0.324. The number of hydrogen-bond donors (Lipinski definition) is 2. The molecule has 2 aromatic heterocycles.